The Morgan fingerprint density at radius 1 is 1.03 bits per heavy atom. The van der Waals surface area contributed by atoms with Gasteiger partial charge in [-0.15, -0.1) is 13.2 Å². The summed E-state index contributed by atoms with van der Waals surface area (Å²) in [5.41, 5.74) is 4.62. The van der Waals surface area contributed by atoms with Gasteiger partial charge in [0, 0.05) is 50.5 Å². The van der Waals surface area contributed by atoms with Gasteiger partial charge in [0.1, 0.15) is 5.75 Å². The second-order valence-electron chi connectivity index (χ2n) is 9.64. The standard InChI is InChI=1S/C26H33F3N4O2/c1-19-15-22(32-13-11-31(12-14-32)10-4-9-30(2)3)16-21-18-33(25(34)24(19)21)17-20-5-7-23(8-6-20)35-26(27,28)29/h5-8,15-16H,4,9-14,17-18H2,1-3H3. The van der Waals surface area contributed by atoms with Gasteiger partial charge in [-0.1, -0.05) is 12.1 Å². The molecule has 4 rings (SSSR count). The van der Waals surface area contributed by atoms with Crippen LogP contribution >= 0.6 is 0 Å². The zero-order chi connectivity index (χ0) is 25.2. The van der Waals surface area contributed by atoms with Crippen LogP contribution in [0.5, 0.6) is 5.75 Å². The largest absolute Gasteiger partial charge is 0.573 e. The van der Waals surface area contributed by atoms with E-state index in [9.17, 15) is 18.0 Å². The van der Waals surface area contributed by atoms with Crippen LogP contribution in [0.25, 0.3) is 0 Å². The number of carbonyl (C=O) groups is 1. The molecule has 1 amide bonds. The molecule has 9 heteroatoms. The first-order chi connectivity index (χ1) is 16.6. The minimum absolute atomic E-state index is 0.0367. The van der Waals surface area contributed by atoms with Crippen LogP contribution in [0.1, 0.15) is 33.5 Å². The van der Waals surface area contributed by atoms with E-state index in [-0.39, 0.29) is 11.7 Å². The molecule has 0 unspecified atom stereocenters. The third-order valence-electron chi connectivity index (χ3n) is 6.61. The number of hydrogen-bond acceptors (Lipinski definition) is 5. The molecule has 0 radical (unpaired) electrons. The first-order valence-electron chi connectivity index (χ1n) is 12.0. The lowest BCUT2D eigenvalue weighted by atomic mass is 10.0. The van der Waals surface area contributed by atoms with Crippen molar-refractivity contribution in [2.75, 3.05) is 58.3 Å². The Balaban J connectivity index is 1.37. The van der Waals surface area contributed by atoms with Crippen molar-refractivity contribution in [1.82, 2.24) is 14.7 Å². The third-order valence-corrected chi connectivity index (χ3v) is 6.61. The van der Waals surface area contributed by atoms with Crippen molar-refractivity contribution in [3.63, 3.8) is 0 Å². The highest BCUT2D eigenvalue weighted by molar-refractivity contribution is 6.00. The zero-order valence-corrected chi connectivity index (χ0v) is 20.6. The van der Waals surface area contributed by atoms with Crippen molar-refractivity contribution in [2.24, 2.45) is 0 Å². The molecule has 6 nitrogen and oxygen atoms in total. The fraction of sp³-hybridized carbons (Fsp3) is 0.500. The Morgan fingerprint density at radius 2 is 1.71 bits per heavy atom. The summed E-state index contributed by atoms with van der Waals surface area (Å²) in [6.45, 7) is 9.00. The highest BCUT2D eigenvalue weighted by atomic mass is 19.4. The minimum atomic E-state index is -4.72. The number of ether oxygens (including phenoxy) is 1. The SMILES string of the molecule is Cc1cc(N2CCN(CCCN(C)C)CC2)cc2c1C(=O)N(Cc1ccc(OC(F)(F)F)cc1)C2. The maximum atomic E-state index is 13.1. The quantitative estimate of drug-likeness (QED) is 0.557. The van der Waals surface area contributed by atoms with Gasteiger partial charge in [-0.2, -0.15) is 0 Å². The van der Waals surface area contributed by atoms with Crippen LogP contribution in [0.3, 0.4) is 0 Å². The fourth-order valence-corrected chi connectivity index (χ4v) is 4.87. The maximum Gasteiger partial charge on any atom is 0.573 e. The van der Waals surface area contributed by atoms with E-state index < -0.39 is 6.36 Å². The van der Waals surface area contributed by atoms with E-state index in [4.69, 9.17) is 0 Å². The summed E-state index contributed by atoms with van der Waals surface area (Å²) in [5, 5.41) is 0. The van der Waals surface area contributed by atoms with Gasteiger partial charge in [-0.05, 0) is 81.5 Å². The number of benzene rings is 2. The number of carbonyl (C=O) groups excluding carboxylic acids is 1. The van der Waals surface area contributed by atoms with E-state index in [0.717, 1.165) is 67.2 Å². The van der Waals surface area contributed by atoms with Gasteiger partial charge in [-0.3, -0.25) is 9.69 Å². The van der Waals surface area contributed by atoms with Crippen LogP contribution in [0.2, 0.25) is 0 Å². The van der Waals surface area contributed by atoms with Crippen molar-refractivity contribution in [3.8, 4) is 5.75 Å². The number of piperazine rings is 1. The number of nitrogens with zero attached hydrogens (tertiary/aromatic N) is 4. The van der Waals surface area contributed by atoms with Gasteiger partial charge in [-0.25, -0.2) is 0 Å². The molecular weight excluding hydrogens is 457 g/mol. The fourth-order valence-electron chi connectivity index (χ4n) is 4.87. The minimum Gasteiger partial charge on any atom is -0.406 e. The molecule has 2 aromatic carbocycles. The summed E-state index contributed by atoms with van der Waals surface area (Å²) in [6.07, 6.45) is -3.55. The summed E-state index contributed by atoms with van der Waals surface area (Å²) in [4.78, 5) is 21.9. The number of alkyl halides is 3. The maximum absolute atomic E-state index is 13.1. The Morgan fingerprint density at radius 3 is 2.34 bits per heavy atom. The van der Waals surface area contributed by atoms with Gasteiger partial charge in [0.15, 0.2) is 0 Å². The van der Waals surface area contributed by atoms with Crippen molar-refractivity contribution in [2.45, 2.75) is 32.8 Å². The Bertz CT molecular complexity index is 1030. The molecule has 2 aromatic rings. The second kappa shape index (κ2) is 10.5. The van der Waals surface area contributed by atoms with E-state index in [2.05, 4.69) is 45.7 Å². The van der Waals surface area contributed by atoms with Crippen LogP contribution in [0.15, 0.2) is 36.4 Å². The molecule has 0 aliphatic carbocycles. The van der Waals surface area contributed by atoms with Gasteiger partial charge in [0.2, 0.25) is 0 Å². The number of hydrogen-bond donors (Lipinski definition) is 0. The molecule has 190 valence electrons. The van der Waals surface area contributed by atoms with Gasteiger partial charge in [0.25, 0.3) is 5.91 Å². The zero-order valence-electron chi connectivity index (χ0n) is 20.6. The first-order valence-corrected chi connectivity index (χ1v) is 12.0. The molecule has 35 heavy (non-hydrogen) atoms. The van der Waals surface area contributed by atoms with E-state index in [1.807, 2.05) is 6.92 Å². The van der Waals surface area contributed by atoms with E-state index in [1.54, 1.807) is 17.0 Å². The normalized spacial score (nSPS) is 16.8. The highest BCUT2D eigenvalue weighted by Gasteiger charge is 2.32. The van der Waals surface area contributed by atoms with Gasteiger partial charge < -0.3 is 19.4 Å². The summed E-state index contributed by atoms with van der Waals surface area (Å²) in [6, 6.07) is 9.91. The molecule has 0 atom stereocenters. The molecule has 1 saturated heterocycles. The molecule has 2 heterocycles. The van der Waals surface area contributed by atoms with Crippen molar-refractivity contribution >= 4 is 11.6 Å². The summed E-state index contributed by atoms with van der Waals surface area (Å²) >= 11 is 0. The number of fused-ring (bicyclic) bond motifs is 1. The lowest BCUT2D eigenvalue weighted by Gasteiger charge is -2.36. The predicted molar refractivity (Wildman–Crippen MR) is 130 cm³/mol. The average Bonchev–Trinajstić information content (AvgIpc) is 3.10. The Kier molecular flexibility index (Phi) is 7.56. The summed E-state index contributed by atoms with van der Waals surface area (Å²) < 4.78 is 41.1. The number of amides is 1. The van der Waals surface area contributed by atoms with Crippen LogP contribution in [0, 0.1) is 6.92 Å². The smallest absolute Gasteiger partial charge is 0.406 e. The molecule has 0 saturated carbocycles. The molecule has 0 bridgehead atoms. The lowest BCUT2D eigenvalue weighted by Crippen LogP contribution is -2.47. The Labute approximate surface area is 204 Å². The molecule has 0 aromatic heterocycles. The number of aryl methyl sites for hydroxylation is 1. The van der Waals surface area contributed by atoms with Crippen LogP contribution in [0.4, 0.5) is 18.9 Å². The molecule has 0 spiro atoms. The lowest BCUT2D eigenvalue weighted by molar-refractivity contribution is -0.274. The van der Waals surface area contributed by atoms with E-state index in [1.165, 1.54) is 18.6 Å². The molecular formula is C26H33F3N4O2. The molecule has 2 aliphatic heterocycles. The number of anilines is 1. The van der Waals surface area contributed by atoms with Crippen molar-refractivity contribution in [1.29, 1.82) is 0 Å². The molecule has 1 fully saturated rings. The summed E-state index contributed by atoms with van der Waals surface area (Å²) in [5.74, 6) is -0.305. The van der Waals surface area contributed by atoms with Crippen LogP contribution in [-0.4, -0.2) is 80.3 Å². The second-order valence-corrected chi connectivity index (χ2v) is 9.64. The first kappa shape index (κ1) is 25.3. The third kappa shape index (κ3) is 6.46. The van der Waals surface area contributed by atoms with Gasteiger partial charge in [0.05, 0.1) is 0 Å². The number of halogens is 3. The average molecular weight is 491 g/mol. The monoisotopic (exact) mass is 490 g/mol. The molecule has 2 aliphatic rings. The van der Waals surface area contributed by atoms with Crippen LogP contribution < -0.4 is 9.64 Å². The van der Waals surface area contributed by atoms with E-state index >= 15 is 0 Å². The van der Waals surface area contributed by atoms with Crippen LogP contribution in [-0.2, 0) is 13.1 Å². The summed E-state index contributed by atoms with van der Waals surface area (Å²) in [7, 11) is 4.20. The van der Waals surface area contributed by atoms with E-state index in [0.29, 0.717) is 13.1 Å². The molecule has 0 N–H and O–H groups in total. The highest BCUT2D eigenvalue weighted by Crippen LogP contribution is 2.32. The van der Waals surface area contributed by atoms with Crippen molar-refractivity contribution < 1.29 is 22.7 Å². The van der Waals surface area contributed by atoms with Crippen molar-refractivity contribution in [3.05, 3.63) is 58.7 Å². The Hall–Kier alpha value is -2.78. The number of rotatable bonds is 8. The van der Waals surface area contributed by atoms with Gasteiger partial charge >= 0.3 is 6.36 Å². The predicted octanol–water partition coefficient (Wildman–Crippen LogP) is 4.12. The topological polar surface area (TPSA) is 39.3 Å².